The molecule has 0 aliphatic rings. The lowest BCUT2D eigenvalue weighted by molar-refractivity contribution is 0.198. The molecule has 1 N–H and O–H groups in total. The van der Waals surface area contributed by atoms with Gasteiger partial charge in [0.15, 0.2) is 0 Å². The van der Waals surface area contributed by atoms with Crippen molar-refractivity contribution in [1.29, 1.82) is 0 Å². The van der Waals surface area contributed by atoms with Gasteiger partial charge in [-0.1, -0.05) is 24.3 Å². The number of hydrogen-bond acceptors (Lipinski definition) is 3. The van der Waals surface area contributed by atoms with Gasteiger partial charge in [-0.15, -0.1) is 0 Å². The van der Waals surface area contributed by atoms with Crippen LogP contribution in [0.4, 0.5) is 0 Å². The fourth-order valence-corrected chi connectivity index (χ4v) is 1.92. The van der Waals surface area contributed by atoms with Crippen LogP contribution < -0.4 is 9.47 Å². The summed E-state index contributed by atoms with van der Waals surface area (Å²) in [4.78, 5) is 0. The smallest absolute Gasteiger partial charge is 0.122 e. The third kappa shape index (κ3) is 4.00. The Morgan fingerprint density at radius 1 is 1.00 bits per heavy atom. The third-order valence-corrected chi connectivity index (χ3v) is 3.03. The van der Waals surface area contributed by atoms with E-state index >= 15 is 0 Å². The second-order valence-electron chi connectivity index (χ2n) is 4.71. The zero-order valence-corrected chi connectivity index (χ0v) is 11.9. The molecule has 0 amide bonds. The normalized spacial score (nSPS) is 11.9. The van der Waals surface area contributed by atoms with Crippen LogP contribution in [0.3, 0.4) is 0 Å². The number of para-hydroxylation sites is 1. The van der Waals surface area contributed by atoms with Gasteiger partial charge >= 0.3 is 0 Å². The number of aliphatic hydroxyl groups is 1. The van der Waals surface area contributed by atoms with Gasteiger partial charge in [0.2, 0.25) is 0 Å². The first-order valence-electron chi connectivity index (χ1n) is 6.76. The van der Waals surface area contributed by atoms with Crippen LogP contribution in [0.25, 0.3) is 0 Å². The van der Waals surface area contributed by atoms with E-state index in [0.717, 1.165) is 22.6 Å². The Bertz CT molecular complexity index is 535. The maximum Gasteiger partial charge on any atom is 0.122 e. The van der Waals surface area contributed by atoms with Crippen LogP contribution in [0.2, 0.25) is 0 Å². The van der Waals surface area contributed by atoms with E-state index in [2.05, 4.69) is 0 Å². The van der Waals surface area contributed by atoms with Gasteiger partial charge in [-0.25, -0.2) is 0 Å². The van der Waals surface area contributed by atoms with Crippen LogP contribution in [0.15, 0.2) is 48.5 Å². The van der Waals surface area contributed by atoms with Crippen LogP contribution in [-0.4, -0.2) is 18.3 Å². The van der Waals surface area contributed by atoms with Crippen LogP contribution >= 0.6 is 0 Å². The van der Waals surface area contributed by atoms with Crippen molar-refractivity contribution in [2.45, 2.75) is 20.0 Å². The average molecular weight is 272 g/mol. The van der Waals surface area contributed by atoms with Gasteiger partial charge in [-0.2, -0.15) is 0 Å². The molecule has 2 rings (SSSR count). The summed E-state index contributed by atoms with van der Waals surface area (Å²) in [6, 6.07) is 15.4. The number of hydrogen-bond donors (Lipinski definition) is 1. The highest BCUT2D eigenvalue weighted by Gasteiger charge is 2.05. The number of benzene rings is 2. The Labute approximate surface area is 119 Å². The zero-order chi connectivity index (χ0) is 14.4. The minimum absolute atomic E-state index is 0.454. The molecule has 0 radical (unpaired) electrons. The molecule has 1 atom stereocenters. The molecule has 106 valence electrons. The Kier molecular flexibility index (Phi) is 5.02. The largest absolute Gasteiger partial charge is 0.490 e. The van der Waals surface area contributed by atoms with Gasteiger partial charge in [-0.3, -0.25) is 0 Å². The van der Waals surface area contributed by atoms with Crippen molar-refractivity contribution in [1.82, 2.24) is 0 Å². The van der Waals surface area contributed by atoms with Crippen molar-refractivity contribution < 1.29 is 14.6 Å². The number of aliphatic hydroxyl groups excluding tert-OH is 1. The summed E-state index contributed by atoms with van der Waals surface area (Å²) >= 11 is 0. The minimum Gasteiger partial charge on any atom is -0.490 e. The van der Waals surface area contributed by atoms with E-state index < -0.39 is 6.10 Å². The standard InChI is InChI=1S/C17H20O3/c1-13-12-15(14(2)18)8-9-17(13)20-11-10-19-16-6-4-3-5-7-16/h3-9,12,14,18H,10-11H2,1-2H3/t14-/m0/s1. The Morgan fingerprint density at radius 2 is 1.70 bits per heavy atom. The Hall–Kier alpha value is -2.00. The summed E-state index contributed by atoms with van der Waals surface area (Å²) in [5, 5.41) is 9.52. The summed E-state index contributed by atoms with van der Waals surface area (Å²) in [5.74, 6) is 1.67. The van der Waals surface area contributed by atoms with Gasteiger partial charge in [0, 0.05) is 0 Å². The van der Waals surface area contributed by atoms with Crippen molar-refractivity contribution in [3.05, 3.63) is 59.7 Å². The van der Waals surface area contributed by atoms with Crippen molar-refractivity contribution in [2.75, 3.05) is 13.2 Å². The second kappa shape index (κ2) is 6.96. The molecular weight excluding hydrogens is 252 g/mol. The summed E-state index contributed by atoms with van der Waals surface area (Å²) in [7, 11) is 0. The first kappa shape index (κ1) is 14.4. The first-order valence-corrected chi connectivity index (χ1v) is 6.76. The molecule has 0 fully saturated rings. The van der Waals surface area contributed by atoms with Crippen LogP contribution in [0.5, 0.6) is 11.5 Å². The van der Waals surface area contributed by atoms with E-state index in [1.165, 1.54) is 0 Å². The minimum atomic E-state index is -0.454. The topological polar surface area (TPSA) is 38.7 Å². The van der Waals surface area contributed by atoms with E-state index in [4.69, 9.17) is 9.47 Å². The number of ether oxygens (including phenoxy) is 2. The molecule has 0 saturated carbocycles. The predicted molar refractivity (Wildman–Crippen MR) is 79.2 cm³/mol. The lowest BCUT2D eigenvalue weighted by Gasteiger charge is -2.12. The van der Waals surface area contributed by atoms with Crippen molar-refractivity contribution >= 4 is 0 Å². The van der Waals surface area contributed by atoms with Gasteiger partial charge < -0.3 is 14.6 Å². The molecule has 3 heteroatoms. The molecule has 0 spiro atoms. The predicted octanol–water partition coefficient (Wildman–Crippen LogP) is 3.51. The Balaban J connectivity index is 1.82. The third-order valence-electron chi connectivity index (χ3n) is 3.03. The van der Waals surface area contributed by atoms with Crippen LogP contribution in [0, 0.1) is 6.92 Å². The van der Waals surface area contributed by atoms with Crippen molar-refractivity contribution in [3.8, 4) is 11.5 Å². The van der Waals surface area contributed by atoms with E-state index in [9.17, 15) is 5.11 Å². The maximum atomic E-state index is 9.52. The van der Waals surface area contributed by atoms with Gasteiger partial charge in [0.1, 0.15) is 24.7 Å². The lowest BCUT2D eigenvalue weighted by atomic mass is 10.1. The summed E-state index contributed by atoms with van der Waals surface area (Å²) in [6.45, 7) is 4.72. The van der Waals surface area contributed by atoms with Crippen LogP contribution in [-0.2, 0) is 0 Å². The van der Waals surface area contributed by atoms with Gasteiger partial charge in [0.25, 0.3) is 0 Å². The summed E-state index contributed by atoms with van der Waals surface area (Å²) in [5.41, 5.74) is 1.92. The molecule has 3 nitrogen and oxygen atoms in total. The average Bonchev–Trinajstić information content (AvgIpc) is 2.46. The monoisotopic (exact) mass is 272 g/mol. The van der Waals surface area contributed by atoms with E-state index in [-0.39, 0.29) is 0 Å². The summed E-state index contributed by atoms with van der Waals surface area (Å²) < 4.78 is 11.3. The van der Waals surface area contributed by atoms with E-state index in [0.29, 0.717) is 13.2 Å². The highest BCUT2D eigenvalue weighted by molar-refractivity contribution is 5.36. The molecule has 2 aromatic carbocycles. The molecule has 0 unspecified atom stereocenters. The molecule has 0 heterocycles. The first-order chi connectivity index (χ1) is 9.66. The molecule has 0 saturated heterocycles. The molecule has 2 aromatic rings. The SMILES string of the molecule is Cc1cc([C@H](C)O)ccc1OCCOc1ccccc1. The quantitative estimate of drug-likeness (QED) is 0.818. The zero-order valence-electron chi connectivity index (χ0n) is 11.9. The van der Waals surface area contributed by atoms with E-state index in [1.54, 1.807) is 6.92 Å². The number of aryl methyl sites for hydroxylation is 1. The highest BCUT2D eigenvalue weighted by atomic mass is 16.5. The molecule has 20 heavy (non-hydrogen) atoms. The molecule has 0 bridgehead atoms. The summed E-state index contributed by atoms with van der Waals surface area (Å²) in [6.07, 6.45) is -0.454. The Morgan fingerprint density at radius 3 is 2.35 bits per heavy atom. The maximum absolute atomic E-state index is 9.52. The number of rotatable bonds is 6. The van der Waals surface area contributed by atoms with Gasteiger partial charge in [0.05, 0.1) is 6.10 Å². The molecule has 0 aliphatic carbocycles. The molecular formula is C17H20O3. The van der Waals surface area contributed by atoms with Crippen molar-refractivity contribution in [3.63, 3.8) is 0 Å². The molecule has 0 aliphatic heterocycles. The fourth-order valence-electron chi connectivity index (χ4n) is 1.92. The van der Waals surface area contributed by atoms with Crippen molar-refractivity contribution in [2.24, 2.45) is 0 Å². The fraction of sp³-hybridized carbons (Fsp3) is 0.294. The second-order valence-corrected chi connectivity index (χ2v) is 4.71. The van der Waals surface area contributed by atoms with E-state index in [1.807, 2.05) is 55.5 Å². The highest BCUT2D eigenvalue weighted by Crippen LogP contribution is 2.22. The van der Waals surface area contributed by atoms with Crippen LogP contribution in [0.1, 0.15) is 24.2 Å². The lowest BCUT2D eigenvalue weighted by Crippen LogP contribution is -2.09. The van der Waals surface area contributed by atoms with Gasteiger partial charge in [-0.05, 0) is 49.2 Å². The molecule has 0 aromatic heterocycles.